The van der Waals surface area contributed by atoms with Gasteiger partial charge >= 0.3 is 0 Å². The summed E-state index contributed by atoms with van der Waals surface area (Å²) >= 11 is 0. The van der Waals surface area contributed by atoms with Gasteiger partial charge in [-0.15, -0.1) is 0 Å². The first-order chi connectivity index (χ1) is 13.8. The molecule has 1 amide bonds. The number of hydrogen-bond donors (Lipinski definition) is 1. The van der Waals surface area contributed by atoms with Gasteiger partial charge in [0.2, 0.25) is 5.91 Å². The van der Waals surface area contributed by atoms with Crippen molar-refractivity contribution in [3.05, 3.63) is 53.6 Å². The summed E-state index contributed by atoms with van der Waals surface area (Å²) in [5.41, 5.74) is 1.95. The molecule has 0 fully saturated rings. The van der Waals surface area contributed by atoms with Crippen molar-refractivity contribution in [1.29, 1.82) is 5.26 Å². The fourth-order valence-electron chi connectivity index (χ4n) is 2.70. The van der Waals surface area contributed by atoms with Crippen LogP contribution in [0.2, 0.25) is 0 Å². The Labute approximate surface area is 172 Å². The Balaban J connectivity index is 1.84. The van der Waals surface area contributed by atoms with Crippen molar-refractivity contribution < 1.29 is 19.0 Å². The molecular formula is C23H28N2O4. The summed E-state index contributed by atoms with van der Waals surface area (Å²) in [5, 5.41) is 11.2. The maximum Gasteiger partial charge on any atom is 0.234 e. The van der Waals surface area contributed by atoms with Crippen LogP contribution in [-0.4, -0.2) is 26.2 Å². The number of carbonyl (C=O) groups excluding carboxylic acids is 1. The third kappa shape index (κ3) is 7.04. The van der Waals surface area contributed by atoms with E-state index in [0.717, 1.165) is 28.4 Å². The Bertz CT molecular complexity index is 849. The average molecular weight is 396 g/mol. The molecule has 0 unspecified atom stereocenters. The number of nitriles is 1. The zero-order chi connectivity index (χ0) is 21.3. The summed E-state index contributed by atoms with van der Waals surface area (Å²) in [4.78, 5) is 11.3. The van der Waals surface area contributed by atoms with E-state index < -0.39 is 0 Å². The van der Waals surface area contributed by atoms with Crippen LogP contribution in [0.1, 0.15) is 38.3 Å². The van der Waals surface area contributed by atoms with Crippen LogP contribution in [0.5, 0.6) is 17.2 Å². The van der Waals surface area contributed by atoms with Crippen molar-refractivity contribution in [2.45, 2.75) is 39.2 Å². The van der Waals surface area contributed by atoms with E-state index in [2.05, 4.69) is 26.1 Å². The smallest absolute Gasteiger partial charge is 0.234 e. The third-order valence-corrected chi connectivity index (χ3v) is 4.26. The number of amides is 1. The molecule has 0 aliphatic carbocycles. The highest BCUT2D eigenvalue weighted by molar-refractivity contribution is 5.77. The van der Waals surface area contributed by atoms with Gasteiger partial charge in [0.05, 0.1) is 13.2 Å². The summed E-state index contributed by atoms with van der Waals surface area (Å²) in [6.45, 7) is 7.62. The van der Waals surface area contributed by atoms with Crippen LogP contribution in [-0.2, 0) is 16.8 Å². The van der Waals surface area contributed by atoms with Gasteiger partial charge < -0.3 is 19.5 Å². The van der Waals surface area contributed by atoms with Crippen LogP contribution >= 0.6 is 0 Å². The Morgan fingerprint density at radius 2 is 1.69 bits per heavy atom. The first-order valence-corrected chi connectivity index (χ1v) is 9.50. The van der Waals surface area contributed by atoms with Gasteiger partial charge in [0.15, 0.2) is 0 Å². The number of hydrogen-bond acceptors (Lipinski definition) is 5. The standard InChI is InChI=1S/C23H28N2O4/c1-23(2,3)20-15-19(27-4)9-10-21(20)29-14-13-28-18-7-5-17(6-8-18)16-25-22(26)11-12-24/h5-10,15H,11,13-14,16H2,1-4H3,(H,25,26). The molecule has 0 aliphatic heterocycles. The topological polar surface area (TPSA) is 80.6 Å². The highest BCUT2D eigenvalue weighted by Crippen LogP contribution is 2.34. The molecule has 2 rings (SSSR count). The van der Waals surface area contributed by atoms with Crippen molar-refractivity contribution in [3.8, 4) is 23.3 Å². The fourth-order valence-corrected chi connectivity index (χ4v) is 2.70. The molecule has 0 aromatic heterocycles. The lowest BCUT2D eigenvalue weighted by Crippen LogP contribution is -2.21. The lowest BCUT2D eigenvalue weighted by molar-refractivity contribution is -0.120. The minimum absolute atomic E-state index is 0.0663. The molecule has 0 atom stereocenters. The van der Waals surface area contributed by atoms with Gasteiger partial charge in [0, 0.05) is 12.1 Å². The molecule has 0 aliphatic rings. The molecule has 0 heterocycles. The van der Waals surface area contributed by atoms with Crippen molar-refractivity contribution >= 4 is 5.91 Å². The summed E-state index contributed by atoms with van der Waals surface area (Å²) in [5.74, 6) is 2.08. The van der Waals surface area contributed by atoms with Crippen LogP contribution in [0.3, 0.4) is 0 Å². The number of rotatable bonds is 9. The minimum Gasteiger partial charge on any atom is -0.497 e. The van der Waals surface area contributed by atoms with Crippen molar-refractivity contribution in [2.75, 3.05) is 20.3 Å². The van der Waals surface area contributed by atoms with Gasteiger partial charge in [0.25, 0.3) is 0 Å². The predicted octanol–water partition coefficient (Wildman–Crippen LogP) is 3.98. The van der Waals surface area contributed by atoms with Crippen LogP contribution in [0.15, 0.2) is 42.5 Å². The van der Waals surface area contributed by atoms with Crippen molar-refractivity contribution in [2.24, 2.45) is 0 Å². The third-order valence-electron chi connectivity index (χ3n) is 4.26. The van der Waals surface area contributed by atoms with Crippen molar-refractivity contribution in [1.82, 2.24) is 5.32 Å². The second-order valence-corrected chi connectivity index (χ2v) is 7.56. The van der Waals surface area contributed by atoms with Crippen molar-refractivity contribution in [3.63, 3.8) is 0 Å². The molecule has 6 heteroatoms. The molecule has 154 valence electrons. The van der Waals surface area contributed by atoms with E-state index in [1.807, 2.05) is 48.5 Å². The van der Waals surface area contributed by atoms with E-state index in [4.69, 9.17) is 19.5 Å². The summed E-state index contributed by atoms with van der Waals surface area (Å²) in [6.07, 6.45) is -0.133. The summed E-state index contributed by atoms with van der Waals surface area (Å²) < 4.78 is 17.0. The molecule has 6 nitrogen and oxygen atoms in total. The van der Waals surface area contributed by atoms with E-state index in [9.17, 15) is 4.79 Å². The first-order valence-electron chi connectivity index (χ1n) is 9.50. The minimum atomic E-state index is -0.280. The second kappa shape index (κ2) is 10.4. The van der Waals surface area contributed by atoms with E-state index >= 15 is 0 Å². The van der Waals surface area contributed by atoms with Crippen LogP contribution < -0.4 is 19.5 Å². The monoisotopic (exact) mass is 396 g/mol. The van der Waals surface area contributed by atoms with Gasteiger partial charge in [-0.25, -0.2) is 0 Å². The Kier molecular flexibility index (Phi) is 7.90. The largest absolute Gasteiger partial charge is 0.497 e. The van der Waals surface area contributed by atoms with Crippen LogP contribution in [0, 0.1) is 11.3 Å². The molecule has 0 bridgehead atoms. The number of benzene rings is 2. The number of nitrogens with one attached hydrogen (secondary N) is 1. The van der Waals surface area contributed by atoms with E-state index in [1.54, 1.807) is 7.11 Å². The van der Waals surface area contributed by atoms with E-state index in [0.29, 0.717) is 19.8 Å². The van der Waals surface area contributed by atoms with Gasteiger partial charge in [-0.05, 0) is 41.3 Å². The highest BCUT2D eigenvalue weighted by atomic mass is 16.5. The quantitative estimate of drug-likeness (QED) is 0.649. The second-order valence-electron chi connectivity index (χ2n) is 7.56. The molecule has 2 aromatic carbocycles. The maximum atomic E-state index is 11.3. The molecule has 2 aromatic rings. The van der Waals surface area contributed by atoms with Crippen LogP contribution in [0.4, 0.5) is 0 Å². The van der Waals surface area contributed by atoms with Gasteiger partial charge in [-0.3, -0.25) is 4.79 Å². The highest BCUT2D eigenvalue weighted by Gasteiger charge is 2.20. The zero-order valence-corrected chi connectivity index (χ0v) is 17.5. The first kappa shape index (κ1) is 22.1. The Morgan fingerprint density at radius 3 is 2.31 bits per heavy atom. The number of ether oxygens (including phenoxy) is 3. The molecular weight excluding hydrogens is 368 g/mol. The molecule has 29 heavy (non-hydrogen) atoms. The summed E-state index contributed by atoms with van der Waals surface area (Å²) in [7, 11) is 1.65. The van der Waals surface area contributed by atoms with Gasteiger partial charge in [0.1, 0.15) is 36.9 Å². The summed E-state index contributed by atoms with van der Waals surface area (Å²) in [6, 6.07) is 15.1. The van der Waals surface area contributed by atoms with Gasteiger partial charge in [-0.1, -0.05) is 32.9 Å². The molecule has 0 saturated carbocycles. The predicted molar refractivity (Wildman–Crippen MR) is 111 cm³/mol. The van der Waals surface area contributed by atoms with E-state index in [-0.39, 0.29) is 17.7 Å². The number of nitrogens with zero attached hydrogens (tertiary/aromatic N) is 1. The number of carbonyl (C=O) groups is 1. The molecule has 0 spiro atoms. The SMILES string of the molecule is COc1ccc(OCCOc2ccc(CNC(=O)CC#N)cc2)c(C(C)(C)C)c1. The zero-order valence-electron chi connectivity index (χ0n) is 17.5. The van der Waals surface area contributed by atoms with E-state index in [1.165, 1.54) is 0 Å². The molecule has 0 radical (unpaired) electrons. The fraction of sp³-hybridized carbons (Fsp3) is 0.391. The Hall–Kier alpha value is -3.20. The lowest BCUT2D eigenvalue weighted by atomic mass is 9.86. The van der Waals surface area contributed by atoms with Gasteiger partial charge in [-0.2, -0.15) is 5.26 Å². The maximum absolute atomic E-state index is 11.3. The normalized spacial score (nSPS) is 10.7. The lowest BCUT2D eigenvalue weighted by Gasteiger charge is -2.23. The average Bonchev–Trinajstić information content (AvgIpc) is 2.70. The Morgan fingerprint density at radius 1 is 1.03 bits per heavy atom. The van der Waals surface area contributed by atoms with Crippen LogP contribution in [0.25, 0.3) is 0 Å². The number of methoxy groups -OCH3 is 1. The molecule has 1 N–H and O–H groups in total. The molecule has 0 saturated heterocycles.